The number of likely N-dealkylation sites (tertiary alicyclic amines) is 1. The van der Waals surface area contributed by atoms with Crippen molar-refractivity contribution < 1.29 is 18.7 Å². The molecule has 6 aromatic heterocycles. The number of nitrogens with zero attached hydrogens (tertiary/aromatic N) is 12. The Kier molecular flexibility index (Phi) is 13.8. The highest BCUT2D eigenvalue weighted by molar-refractivity contribution is 7.14. The molecule has 364 valence electrons. The Morgan fingerprint density at radius 3 is 1.56 bits per heavy atom. The van der Waals surface area contributed by atoms with Crippen molar-refractivity contribution in [2.75, 3.05) is 106 Å². The third kappa shape index (κ3) is 9.80. The normalized spacial score (nSPS) is 15.6. The van der Waals surface area contributed by atoms with Gasteiger partial charge in [0, 0.05) is 114 Å². The van der Waals surface area contributed by atoms with Crippen molar-refractivity contribution in [3.63, 3.8) is 0 Å². The van der Waals surface area contributed by atoms with Crippen molar-refractivity contribution >= 4 is 73.1 Å². The van der Waals surface area contributed by atoms with Crippen LogP contribution in [0.3, 0.4) is 0 Å². The summed E-state index contributed by atoms with van der Waals surface area (Å²) in [4.78, 5) is 44.7. The zero-order chi connectivity index (χ0) is 48.5. The van der Waals surface area contributed by atoms with Crippen molar-refractivity contribution in [1.29, 1.82) is 0 Å². The van der Waals surface area contributed by atoms with Crippen LogP contribution in [-0.4, -0.2) is 142 Å². The Bertz CT molecular complexity index is 3080. The minimum Gasteiger partial charge on any atom is -0.389 e. The average Bonchev–Trinajstić information content (AvgIpc) is 4.21. The van der Waals surface area contributed by atoms with Crippen molar-refractivity contribution in [3.8, 4) is 22.5 Å². The van der Waals surface area contributed by atoms with E-state index in [0.29, 0.717) is 19.6 Å². The topological polar surface area (TPSA) is 129 Å². The van der Waals surface area contributed by atoms with E-state index in [2.05, 4.69) is 89.1 Å². The van der Waals surface area contributed by atoms with Gasteiger partial charge >= 0.3 is 0 Å². The van der Waals surface area contributed by atoms with E-state index in [0.717, 1.165) is 138 Å². The van der Waals surface area contributed by atoms with E-state index in [1.54, 1.807) is 51.8 Å². The van der Waals surface area contributed by atoms with Gasteiger partial charge in [0.05, 0.1) is 46.8 Å². The number of carbonyl (C=O) groups excluding carboxylic acids is 1. The van der Waals surface area contributed by atoms with E-state index >= 15 is 0 Å². The second kappa shape index (κ2) is 20.4. The fourth-order valence-corrected chi connectivity index (χ4v) is 10.9. The molecule has 0 unspecified atom stereocenters. The second-order valence-electron chi connectivity index (χ2n) is 17.8. The Hall–Kier alpha value is -6.51. The number of hydrogen-bond donors (Lipinski definition) is 2. The number of rotatable bonds is 12. The van der Waals surface area contributed by atoms with Crippen molar-refractivity contribution in [1.82, 2.24) is 43.9 Å². The van der Waals surface area contributed by atoms with Crippen LogP contribution < -0.4 is 24.9 Å². The van der Waals surface area contributed by atoms with Crippen molar-refractivity contribution in [3.05, 3.63) is 119 Å². The number of anilines is 6. The van der Waals surface area contributed by atoms with Crippen LogP contribution in [0.15, 0.2) is 96.0 Å². The van der Waals surface area contributed by atoms with Crippen LogP contribution in [0.4, 0.5) is 42.1 Å². The van der Waals surface area contributed by atoms with Gasteiger partial charge < -0.3 is 34.9 Å². The van der Waals surface area contributed by atoms with Gasteiger partial charge in [0.15, 0.2) is 10.3 Å². The highest BCUT2D eigenvalue weighted by Crippen LogP contribution is 2.36. The number of pyridine rings is 2. The van der Waals surface area contributed by atoms with Crippen molar-refractivity contribution in [2.45, 2.75) is 32.8 Å². The fraction of sp³-hybridized carbons (Fsp3) is 0.353. The van der Waals surface area contributed by atoms with E-state index in [9.17, 15) is 18.7 Å². The molecule has 70 heavy (non-hydrogen) atoms. The number of piperazine rings is 2. The number of aryl methyl sites for hydroxylation is 2. The summed E-state index contributed by atoms with van der Waals surface area (Å²) in [5.41, 5.74) is 9.62. The first kappa shape index (κ1) is 47.2. The van der Waals surface area contributed by atoms with Gasteiger partial charge in [-0.05, 0) is 85.6 Å². The third-order valence-corrected chi connectivity index (χ3v) is 15.1. The van der Waals surface area contributed by atoms with Gasteiger partial charge in [0.2, 0.25) is 5.91 Å². The standard InChI is InChI=1S/C28H32FN7O2S.C23H25FN6S/c1-3-23-27(32(2)28-31-24(18-39-28)19-4-6-20(29)7-5-19)36-14-21(8-9-25(36)30-23)34-12-10-33(11-13-34)17-26(38)35-15-22(37)16-35;1-3-19-22(28(2)23-27-20(15-31-23)16-4-6-17(24)7-5-16)30-14-18(8-9-21(30)26-19)29-12-10-25-11-13-29/h4-9,14,18,22,37H,3,10-13,15-17H2,1-2H3;4-9,14-15,25H,3,10-13H2,1-2H3. The summed E-state index contributed by atoms with van der Waals surface area (Å²) < 4.78 is 31.0. The first-order valence-corrected chi connectivity index (χ1v) is 25.6. The lowest BCUT2D eigenvalue weighted by Gasteiger charge is -2.39. The van der Waals surface area contributed by atoms with Crippen LogP contribution in [0, 0.1) is 11.6 Å². The molecule has 0 atom stereocenters. The van der Waals surface area contributed by atoms with Crippen LogP contribution >= 0.6 is 22.7 Å². The summed E-state index contributed by atoms with van der Waals surface area (Å²) in [6.07, 6.45) is 5.58. The molecule has 0 saturated carbocycles. The maximum Gasteiger partial charge on any atom is 0.236 e. The summed E-state index contributed by atoms with van der Waals surface area (Å²) >= 11 is 3.12. The van der Waals surface area contributed by atoms with Gasteiger partial charge in [-0.2, -0.15) is 0 Å². The number of aliphatic hydroxyl groups is 1. The quantitative estimate of drug-likeness (QED) is 0.125. The molecular formula is C51H57F2N13O2S2. The monoisotopic (exact) mass is 985 g/mol. The molecular weight excluding hydrogens is 929 g/mol. The number of carbonyl (C=O) groups is 1. The van der Waals surface area contributed by atoms with Crippen LogP contribution in [0.5, 0.6) is 0 Å². The molecule has 0 aliphatic carbocycles. The smallest absolute Gasteiger partial charge is 0.236 e. The summed E-state index contributed by atoms with van der Waals surface area (Å²) in [6.45, 7) is 12.8. The van der Waals surface area contributed by atoms with Crippen LogP contribution in [0.1, 0.15) is 25.2 Å². The molecule has 2 aromatic carbocycles. The number of fused-ring (bicyclic) bond motifs is 2. The van der Waals surface area contributed by atoms with Gasteiger partial charge in [0.1, 0.15) is 34.6 Å². The number of aliphatic hydroxyl groups excluding tert-OH is 1. The molecule has 2 N–H and O–H groups in total. The number of aromatic nitrogens is 6. The van der Waals surface area contributed by atoms with E-state index in [1.165, 1.54) is 30.0 Å². The summed E-state index contributed by atoms with van der Waals surface area (Å²) in [7, 11) is 4.04. The molecule has 3 aliphatic heterocycles. The Balaban J connectivity index is 0.000000166. The van der Waals surface area contributed by atoms with Crippen LogP contribution in [0.25, 0.3) is 33.8 Å². The predicted molar refractivity (Wildman–Crippen MR) is 277 cm³/mol. The maximum absolute atomic E-state index is 13.4. The number of halogens is 2. The highest BCUT2D eigenvalue weighted by Gasteiger charge is 2.31. The minimum absolute atomic E-state index is 0.0955. The molecule has 1 amide bonds. The largest absolute Gasteiger partial charge is 0.389 e. The summed E-state index contributed by atoms with van der Waals surface area (Å²) in [5.74, 6) is 1.61. The number of β-amino-alcohol motifs (C(OH)–C–C–N with tert-alkyl or cyclic N) is 1. The molecule has 11 rings (SSSR count). The lowest BCUT2D eigenvalue weighted by atomic mass is 10.1. The zero-order valence-electron chi connectivity index (χ0n) is 39.8. The number of benzene rings is 2. The minimum atomic E-state index is -0.367. The lowest BCUT2D eigenvalue weighted by molar-refractivity contribution is -0.142. The molecule has 3 saturated heterocycles. The predicted octanol–water partition coefficient (Wildman–Crippen LogP) is 7.59. The van der Waals surface area contributed by atoms with Gasteiger partial charge in [-0.3, -0.25) is 18.5 Å². The van der Waals surface area contributed by atoms with Gasteiger partial charge in [0.25, 0.3) is 0 Å². The molecule has 0 bridgehead atoms. The van der Waals surface area contributed by atoms with E-state index in [4.69, 9.17) is 19.9 Å². The van der Waals surface area contributed by atoms with Crippen LogP contribution in [0.2, 0.25) is 0 Å². The Morgan fingerprint density at radius 2 is 1.11 bits per heavy atom. The Morgan fingerprint density at radius 1 is 0.657 bits per heavy atom. The Labute approximate surface area is 413 Å². The number of imidazole rings is 2. The van der Waals surface area contributed by atoms with Gasteiger partial charge in [-0.15, -0.1) is 22.7 Å². The summed E-state index contributed by atoms with van der Waals surface area (Å²) in [5, 5.41) is 18.6. The third-order valence-electron chi connectivity index (χ3n) is 13.2. The molecule has 0 spiro atoms. The first-order valence-electron chi connectivity index (χ1n) is 23.8. The molecule has 8 aromatic rings. The molecule has 9 heterocycles. The van der Waals surface area contributed by atoms with Gasteiger partial charge in [-0.25, -0.2) is 28.7 Å². The average molecular weight is 986 g/mol. The zero-order valence-corrected chi connectivity index (χ0v) is 41.4. The molecule has 19 heteroatoms. The number of amides is 1. The maximum atomic E-state index is 13.4. The highest BCUT2D eigenvalue weighted by atomic mass is 32.1. The van der Waals surface area contributed by atoms with E-state index in [-0.39, 0.29) is 23.6 Å². The number of hydrogen-bond acceptors (Lipinski definition) is 14. The summed E-state index contributed by atoms with van der Waals surface area (Å²) in [6, 6.07) is 21.3. The fourth-order valence-electron chi connectivity index (χ4n) is 9.26. The number of nitrogens with one attached hydrogen (secondary N) is 1. The molecule has 3 aliphatic rings. The molecule has 0 radical (unpaired) electrons. The first-order chi connectivity index (χ1) is 34.0. The molecule has 3 fully saturated rings. The van der Waals surface area contributed by atoms with Crippen molar-refractivity contribution in [2.24, 2.45) is 0 Å². The van der Waals surface area contributed by atoms with E-state index in [1.807, 2.05) is 24.9 Å². The van der Waals surface area contributed by atoms with Crippen LogP contribution in [-0.2, 0) is 17.6 Å². The SMILES string of the molecule is CCc1nc2ccc(N3CCN(CC(=O)N4CC(O)C4)CC3)cn2c1N(C)c1nc(-c2ccc(F)cc2)cs1.CCc1nc2ccc(N3CCNCC3)cn2c1N(C)c1nc(-c2ccc(F)cc2)cs1. The number of thiazole rings is 2. The lowest BCUT2D eigenvalue weighted by Crippen LogP contribution is -2.57. The van der Waals surface area contributed by atoms with E-state index < -0.39 is 0 Å². The second-order valence-corrected chi connectivity index (χ2v) is 19.5. The van der Waals surface area contributed by atoms with Gasteiger partial charge in [-0.1, -0.05) is 13.8 Å². The molecule has 15 nitrogen and oxygen atoms in total.